The van der Waals surface area contributed by atoms with Crippen molar-refractivity contribution in [3.63, 3.8) is 0 Å². The van der Waals surface area contributed by atoms with E-state index in [0.29, 0.717) is 5.75 Å². The Morgan fingerprint density at radius 3 is 2.52 bits per heavy atom. The molecule has 1 aliphatic heterocycles. The summed E-state index contributed by atoms with van der Waals surface area (Å²) >= 11 is 5.93. The second-order valence-corrected chi connectivity index (χ2v) is 6.80. The van der Waals surface area contributed by atoms with Gasteiger partial charge in [-0.05, 0) is 55.8 Å². The molecule has 132 valence electrons. The van der Waals surface area contributed by atoms with Crippen LogP contribution in [0.15, 0.2) is 48.5 Å². The molecule has 0 spiro atoms. The van der Waals surface area contributed by atoms with Crippen LogP contribution in [0.5, 0.6) is 5.75 Å². The maximum absolute atomic E-state index is 12.5. The van der Waals surface area contributed by atoms with Crippen LogP contribution in [0.25, 0.3) is 0 Å². The predicted molar refractivity (Wildman–Crippen MR) is 101 cm³/mol. The molecule has 1 heterocycles. The van der Waals surface area contributed by atoms with Gasteiger partial charge in [0.1, 0.15) is 5.75 Å². The highest BCUT2D eigenvalue weighted by Crippen LogP contribution is 2.26. The maximum Gasteiger partial charge on any atom is 0.227 e. The van der Waals surface area contributed by atoms with E-state index in [1.807, 2.05) is 36.4 Å². The first-order valence-corrected chi connectivity index (χ1v) is 8.94. The fraction of sp³-hybridized carbons (Fsp3) is 0.350. The van der Waals surface area contributed by atoms with Crippen molar-refractivity contribution in [2.75, 3.05) is 25.5 Å². The Morgan fingerprint density at radius 2 is 1.84 bits per heavy atom. The molecular formula is C20H23ClN2O2. The largest absolute Gasteiger partial charge is 0.495 e. The van der Waals surface area contributed by atoms with E-state index < -0.39 is 0 Å². The second kappa shape index (κ2) is 8.37. The Hall–Kier alpha value is -2.04. The van der Waals surface area contributed by atoms with Crippen molar-refractivity contribution in [2.24, 2.45) is 5.92 Å². The minimum Gasteiger partial charge on any atom is -0.495 e. The Bertz CT molecular complexity index is 710. The minimum absolute atomic E-state index is 0.0476. The molecule has 1 amide bonds. The van der Waals surface area contributed by atoms with E-state index in [-0.39, 0.29) is 11.8 Å². The third kappa shape index (κ3) is 4.74. The van der Waals surface area contributed by atoms with Crippen LogP contribution in [0.1, 0.15) is 18.4 Å². The van der Waals surface area contributed by atoms with E-state index in [4.69, 9.17) is 16.3 Å². The molecule has 1 saturated heterocycles. The van der Waals surface area contributed by atoms with Gasteiger partial charge >= 0.3 is 0 Å². The Balaban J connectivity index is 1.51. The van der Waals surface area contributed by atoms with E-state index in [0.717, 1.165) is 43.2 Å². The number of anilines is 1. The fourth-order valence-corrected chi connectivity index (χ4v) is 3.31. The number of carbonyl (C=O) groups excluding carboxylic acids is 1. The number of ether oxygens (including phenoxy) is 1. The van der Waals surface area contributed by atoms with Crippen molar-refractivity contribution in [3.8, 4) is 5.75 Å². The van der Waals surface area contributed by atoms with Crippen LogP contribution < -0.4 is 10.1 Å². The van der Waals surface area contributed by atoms with Crippen molar-refractivity contribution < 1.29 is 9.53 Å². The van der Waals surface area contributed by atoms with E-state index in [1.165, 1.54) is 5.56 Å². The molecule has 0 aromatic heterocycles. The quantitative estimate of drug-likeness (QED) is 0.870. The van der Waals surface area contributed by atoms with Crippen LogP contribution in [-0.2, 0) is 11.3 Å². The van der Waals surface area contributed by atoms with E-state index in [1.54, 1.807) is 7.11 Å². The predicted octanol–water partition coefficient (Wildman–Crippen LogP) is 4.20. The molecule has 1 N–H and O–H groups in total. The highest BCUT2D eigenvalue weighted by molar-refractivity contribution is 6.30. The highest BCUT2D eigenvalue weighted by Gasteiger charge is 2.25. The standard InChI is InChI=1S/C20H23ClN2O2/c1-25-19-5-3-2-4-18(19)22-20(24)16-10-12-23(13-11-16)14-15-6-8-17(21)9-7-15/h2-9,16H,10-14H2,1H3,(H,22,24). The molecule has 0 atom stereocenters. The second-order valence-electron chi connectivity index (χ2n) is 6.37. The highest BCUT2D eigenvalue weighted by atomic mass is 35.5. The van der Waals surface area contributed by atoms with Gasteiger partial charge in [-0.1, -0.05) is 35.9 Å². The number of likely N-dealkylation sites (tertiary alicyclic amines) is 1. The lowest BCUT2D eigenvalue weighted by molar-refractivity contribution is -0.121. The lowest BCUT2D eigenvalue weighted by Crippen LogP contribution is -2.37. The number of hydrogen-bond donors (Lipinski definition) is 1. The van der Waals surface area contributed by atoms with Crippen molar-refractivity contribution in [2.45, 2.75) is 19.4 Å². The van der Waals surface area contributed by atoms with Gasteiger partial charge in [0.25, 0.3) is 0 Å². The average molecular weight is 359 g/mol. The summed E-state index contributed by atoms with van der Waals surface area (Å²) in [5.41, 5.74) is 1.99. The lowest BCUT2D eigenvalue weighted by atomic mass is 9.95. The first-order chi connectivity index (χ1) is 12.2. The summed E-state index contributed by atoms with van der Waals surface area (Å²) in [6.07, 6.45) is 1.74. The van der Waals surface area contributed by atoms with Gasteiger partial charge in [0, 0.05) is 17.5 Å². The molecule has 1 fully saturated rings. The number of methoxy groups -OCH3 is 1. The summed E-state index contributed by atoms with van der Waals surface area (Å²) < 4.78 is 5.29. The van der Waals surface area contributed by atoms with Gasteiger partial charge in [0.2, 0.25) is 5.91 Å². The van der Waals surface area contributed by atoms with Gasteiger partial charge in [-0.15, -0.1) is 0 Å². The first kappa shape index (κ1) is 17.8. The number of rotatable bonds is 5. The normalized spacial score (nSPS) is 15.8. The van der Waals surface area contributed by atoms with Gasteiger partial charge in [-0.3, -0.25) is 9.69 Å². The molecule has 5 heteroatoms. The minimum atomic E-state index is 0.0476. The van der Waals surface area contributed by atoms with Gasteiger partial charge in [0.15, 0.2) is 0 Å². The number of nitrogens with zero attached hydrogens (tertiary/aromatic N) is 1. The zero-order valence-electron chi connectivity index (χ0n) is 14.4. The number of amides is 1. The number of halogens is 1. The molecule has 0 radical (unpaired) electrons. The van der Waals surface area contributed by atoms with Crippen molar-refractivity contribution in [1.29, 1.82) is 0 Å². The lowest BCUT2D eigenvalue weighted by Gasteiger charge is -2.31. The van der Waals surface area contributed by atoms with Crippen LogP contribution in [0.2, 0.25) is 5.02 Å². The van der Waals surface area contributed by atoms with E-state index in [9.17, 15) is 4.79 Å². The zero-order valence-corrected chi connectivity index (χ0v) is 15.1. The monoisotopic (exact) mass is 358 g/mol. The molecule has 0 saturated carbocycles. The number of carbonyl (C=O) groups is 1. The molecule has 2 aromatic rings. The molecule has 4 nitrogen and oxygen atoms in total. The Labute approximate surface area is 153 Å². The fourth-order valence-electron chi connectivity index (χ4n) is 3.18. The number of nitrogens with one attached hydrogen (secondary N) is 1. The van der Waals surface area contributed by atoms with Crippen LogP contribution in [0.4, 0.5) is 5.69 Å². The van der Waals surface area contributed by atoms with Gasteiger partial charge < -0.3 is 10.1 Å². The van der Waals surface area contributed by atoms with Crippen molar-refractivity contribution in [1.82, 2.24) is 4.90 Å². The van der Waals surface area contributed by atoms with Gasteiger partial charge in [-0.25, -0.2) is 0 Å². The van der Waals surface area contributed by atoms with E-state index >= 15 is 0 Å². The molecule has 2 aromatic carbocycles. The molecule has 0 aliphatic carbocycles. The van der Waals surface area contributed by atoms with Crippen molar-refractivity contribution in [3.05, 3.63) is 59.1 Å². The number of benzene rings is 2. The van der Waals surface area contributed by atoms with E-state index in [2.05, 4.69) is 22.3 Å². The average Bonchev–Trinajstić information content (AvgIpc) is 2.64. The summed E-state index contributed by atoms with van der Waals surface area (Å²) in [6.45, 7) is 2.75. The Kier molecular flexibility index (Phi) is 5.95. The molecule has 3 rings (SSSR count). The number of piperidine rings is 1. The molecule has 0 unspecified atom stereocenters. The molecule has 0 bridgehead atoms. The number of hydrogen-bond acceptors (Lipinski definition) is 3. The third-order valence-corrected chi connectivity index (χ3v) is 4.89. The topological polar surface area (TPSA) is 41.6 Å². The van der Waals surface area contributed by atoms with Crippen LogP contribution in [0.3, 0.4) is 0 Å². The summed E-state index contributed by atoms with van der Waals surface area (Å²) in [5.74, 6) is 0.818. The zero-order chi connectivity index (χ0) is 17.6. The number of para-hydroxylation sites is 2. The summed E-state index contributed by atoms with van der Waals surface area (Å²) in [6, 6.07) is 15.5. The van der Waals surface area contributed by atoms with Crippen molar-refractivity contribution >= 4 is 23.2 Å². The first-order valence-electron chi connectivity index (χ1n) is 8.56. The van der Waals surface area contributed by atoms with Crippen LogP contribution in [-0.4, -0.2) is 31.0 Å². The Morgan fingerprint density at radius 1 is 1.16 bits per heavy atom. The van der Waals surface area contributed by atoms with Gasteiger partial charge in [-0.2, -0.15) is 0 Å². The molecule has 1 aliphatic rings. The summed E-state index contributed by atoms with van der Waals surface area (Å²) in [4.78, 5) is 14.9. The van der Waals surface area contributed by atoms with Gasteiger partial charge in [0.05, 0.1) is 12.8 Å². The summed E-state index contributed by atoms with van der Waals surface area (Å²) in [5, 5.41) is 3.76. The maximum atomic E-state index is 12.5. The third-order valence-electron chi connectivity index (χ3n) is 4.64. The SMILES string of the molecule is COc1ccccc1NC(=O)C1CCN(Cc2ccc(Cl)cc2)CC1. The van der Waals surface area contributed by atoms with Crippen LogP contribution >= 0.6 is 11.6 Å². The molecule has 25 heavy (non-hydrogen) atoms. The molecular weight excluding hydrogens is 336 g/mol. The van der Waals surface area contributed by atoms with Crippen LogP contribution in [0, 0.1) is 5.92 Å². The summed E-state index contributed by atoms with van der Waals surface area (Å²) in [7, 11) is 1.61. The smallest absolute Gasteiger partial charge is 0.227 e.